The zero-order chi connectivity index (χ0) is 17.9. The van der Waals surface area contributed by atoms with Crippen LogP contribution in [0.15, 0.2) is 24.3 Å². The Labute approximate surface area is 142 Å². The van der Waals surface area contributed by atoms with E-state index in [1.807, 2.05) is 0 Å². The Morgan fingerprint density at radius 3 is 2.42 bits per heavy atom. The number of hydrogen-bond acceptors (Lipinski definition) is 6. The standard InChI is InChI=1S/C15H15ClN4O4/c1-19(2)15-11(8-13(21)22)14(16)17-12(18-15)7-9-3-5-10(6-4-9)20(23)24/h3-6H,7-8H2,1-2H3,(H,21,22). The van der Waals surface area contributed by atoms with E-state index < -0.39 is 10.9 Å². The van der Waals surface area contributed by atoms with Crippen LogP contribution in [0.2, 0.25) is 5.15 Å². The van der Waals surface area contributed by atoms with Crippen molar-refractivity contribution in [2.45, 2.75) is 12.8 Å². The number of rotatable bonds is 6. The van der Waals surface area contributed by atoms with Gasteiger partial charge in [-0.2, -0.15) is 0 Å². The summed E-state index contributed by atoms with van der Waals surface area (Å²) in [6.45, 7) is 0. The van der Waals surface area contributed by atoms with Crippen LogP contribution < -0.4 is 4.90 Å². The predicted molar refractivity (Wildman–Crippen MR) is 88.6 cm³/mol. The normalized spacial score (nSPS) is 10.5. The minimum Gasteiger partial charge on any atom is -0.481 e. The Morgan fingerprint density at radius 2 is 1.92 bits per heavy atom. The number of benzene rings is 1. The Morgan fingerprint density at radius 1 is 1.29 bits per heavy atom. The molecule has 0 fully saturated rings. The number of aromatic nitrogens is 2. The van der Waals surface area contributed by atoms with Crippen LogP contribution in [0, 0.1) is 10.1 Å². The van der Waals surface area contributed by atoms with E-state index in [2.05, 4.69) is 9.97 Å². The van der Waals surface area contributed by atoms with Crippen LogP contribution in [0.5, 0.6) is 0 Å². The fraction of sp³-hybridized carbons (Fsp3) is 0.267. The van der Waals surface area contributed by atoms with Crippen LogP contribution in [0.4, 0.5) is 11.5 Å². The Kier molecular flexibility index (Phi) is 5.30. The number of nitrogens with zero attached hydrogens (tertiary/aromatic N) is 4. The number of anilines is 1. The lowest BCUT2D eigenvalue weighted by molar-refractivity contribution is -0.384. The van der Waals surface area contributed by atoms with Crippen molar-refractivity contribution in [2.75, 3.05) is 19.0 Å². The second-order valence-corrected chi connectivity index (χ2v) is 5.66. The van der Waals surface area contributed by atoms with E-state index in [1.54, 1.807) is 31.1 Å². The van der Waals surface area contributed by atoms with E-state index in [1.165, 1.54) is 12.1 Å². The number of nitro groups is 1. The highest BCUT2D eigenvalue weighted by Crippen LogP contribution is 2.25. The van der Waals surface area contributed by atoms with Gasteiger partial charge in [0, 0.05) is 38.2 Å². The maximum Gasteiger partial charge on any atom is 0.308 e. The van der Waals surface area contributed by atoms with Crippen LogP contribution in [0.1, 0.15) is 17.0 Å². The molecule has 1 heterocycles. The second kappa shape index (κ2) is 7.22. The molecule has 24 heavy (non-hydrogen) atoms. The lowest BCUT2D eigenvalue weighted by atomic mass is 10.1. The molecule has 0 aliphatic heterocycles. The molecule has 0 saturated heterocycles. The van der Waals surface area contributed by atoms with E-state index >= 15 is 0 Å². The van der Waals surface area contributed by atoms with Crippen LogP contribution in [0.25, 0.3) is 0 Å². The highest BCUT2D eigenvalue weighted by atomic mass is 35.5. The number of carbonyl (C=O) groups is 1. The number of carboxylic acids is 1. The molecule has 0 amide bonds. The van der Waals surface area contributed by atoms with E-state index in [0.29, 0.717) is 23.6 Å². The molecule has 0 unspecified atom stereocenters. The van der Waals surface area contributed by atoms with Gasteiger partial charge in [-0.25, -0.2) is 9.97 Å². The predicted octanol–water partition coefficient (Wildman–Crippen LogP) is 2.32. The zero-order valence-electron chi connectivity index (χ0n) is 13.1. The van der Waals surface area contributed by atoms with Gasteiger partial charge < -0.3 is 10.0 Å². The first-order valence-corrected chi connectivity index (χ1v) is 7.33. The molecule has 2 aromatic rings. The molecule has 8 nitrogen and oxygen atoms in total. The van der Waals surface area contributed by atoms with Gasteiger partial charge in [-0.3, -0.25) is 14.9 Å². The van der Waals surface area contributed by atoms with Crippen molar-refractivity contribution in [3.8, 4) is 0 Å². The van der Waals surface area contributed by atoms with Crippen molar-refractivity contribution in [2.24, 2.45) is 0 Å². The summed E-state index contributed by atoms with van der Waals surface area (Å²) in [5.41, 5.74) is 1.14. The summed E-state index contributed by atoms with van der Waals surface area (Å²) >= 11 is 6.13. The molecule has 0 saturated carbocycles. The van der Waals surface area contributed by atoms with E-state index in [4.69, 9.17) is 16.7 Å². The summed E-state index contributed by atoms with van der Waals surface area (Å²) in [5.74, 6) is -0.173. The summed E-state index contributed by atoms with van der Waals surface area (Å²) in [7, 11) is 3.47. The van der Waals surface area contributed by atoms with Crippen molar-refractivity contribution in [1.29, 1.82) is 0 Å². The molecule has 0 bridgehead atoms. The lowest BCUT2D eigenvalue weighted by Crippen LogP contribution is -2.18. The van der Waals surface area contributed by atoms with Gasteiger partial charge in [0.05, 0.1) is 11.3 Å². The van der Waals surface area contributed by atoms with Gasteiger partial charge in [0.2, 0.25) is 0 Å². The van der Waals surface area contributed by atoms with Crippen molar-refractivity contribution < 1.29 is 14.8 Å². The highest BCUT2D eigenvalue weighted by molar-refractivity contribution is 6.30. The fourth-order valence-electron chi connectivity index (χ4n) is 2.16. The van der Waals surface area contributed by atoms with Crippen LogP contribution in [-0.2, 0) is 17.6 Å². The molecule has 9 heteroatoms. The van der Waals surface area contributed by atoms with E-state index in [9.17, 15) is 14.9 Å². The molecule has 1 N–H and O–H groups in total. The van der Waals surface area contributed by atoms with Gasteiger partial charge in [0.25, 0.3) is 5.69 Å². The molecule has 1 aromatic carbocycles. The summed E-state index contributed by atoms with van der Waals surface area (Å²) in [4.78, 5) is 31.4. The summed E-state index contributed by atoms with van der Waals surface area (Å²) in [6, 6.07) is 6.05. The first-order valence-electron chi connectivity index (χ1n) is 6.95. The van der Waals surface area contributed by atoms with Gasteiger partial charge in [-0.15, -0.1) is 0 Å². The molecule has 0 aliphatic carbocycles. The van der Waals surface area contributed by atoms with Gasteiger partial charge in [0.15, 0.2) is 0 Å². The highest BCUT2D eigenvalue weighted by Gasteiger charge is 2.17. The van der Waals surface area contributed by atoms with Gasteiger partial charge in [-0.1, -0.05) is 23.7 Å². The first kappa shape index (κ1) is 17.6. The molecule has 126 valence electrons. The summed E-state index contributed by atoms with van der Waals surface area (Å²) in [6.07, 6.45) is 0.0517. The van der Waals surface area contributed by atoms with Gasteiger partial charge >= 0.3 is 5.97 Å². The molecule has 0 radical (unpaired) electrons. The van der Waals surface area contributed by atoms with Crippen LogP contribution in [-0.4, -0.2) is 40.1 Å². The minimum atomic E-state index is -1.02. The number of hydrogen-bond donors (Lipinski definition) is 1. The summed E-state index contributed by atoms with van der Waals surface area (Å²) < 4.78 is 0. The molecular formula is C15H15ClN4O4. The average Bonchev–Trinajstić information content (AvgIpc) is 2.49. The number of carboxylic acid groups (broad SMARTS) is 1. The van der Waals surface area contributed by atoms with E-state index in [-0.39, 0.29) is 17.3 Å². The average molecular weight is 351 g/mol. The smallest absolute Gasteiger partial charge is 0.308 e. The molecular weight excluding hydrogens is 336 g/mol. The van der Waals surface area contributed by atoms with Crippen LogP contribution >= 0.6 is 11.6 Å². The van der Waals surface area contributed by atoms with Crippen molar-refractivity contribution in [3.63, 3.8) is 0 Å². The topological polar surface area (TPSA) is 109 Å². The molecule has 0 spiro atoms. The monoisotopic (exact) mass is 350 g/mol. The van der Waals surface area contributed by atoms with Crippen molar-refractivity contribution >= 4 is 29.1 Å². The van der Waals surface area contributed by atoms with Crippen molar-refractivity contribution in [3.05, 3.63) is 56.5 Å². The molecule has 1 aromatic heterocycles. The third kappa shape index (κ3) is 4.17. The number of nitro benzene ring substituents is 1. The quantitative estimate of drug-likeness (QED) is 0.483. The number of aliphatic carboxylic acids is 1. The Hall–Kier alpha value is -2.74. The van der Waals surface area contributed by atoms with Gasteiger partial charge in [-0.05, 0) is 5.56 Å². The number of halogens is 1. The van der Waals surface area contributed by atoms with E-state index in [0.717, 1.165) is 5.56 Å². The number of non-ortho nitro benzene ring substituents is 1. The molecule has 2 rings (SSSR count). The lowest BCUT2D eigenvalue weighted by Gasteiger charge is -2.17. The molecule has 0 atom stereocenters. The largest absolute Gasteiger partial charge is 0.481 e. The van der Waals surface area contributed by atoms with Crippen LogP contribution in [0.3, 0.4) is 0 Å². The maximum absolute atomic E-state index is 11.0. The minimum absolute atomic E-state index is 0.00323. The van der Waals surface area contributed by atoms with Gasteiger partial charge in [0.1, 0.15) is 16.8 Å². The Bertz CT molecular complexity index is 778. The maximum atomic E-state index is 11.0. The summed E-state index contributed by atoms with van der Waals surface area (Å²) in [5, 5.41) is 19.7. The fourth-order valence-corrected chi connectivity index (χ4v) is 2.41. The molecule has 0 aliphatic rings. The zero-order valence-corrected chi connectivity index (χ0v) is 13.8. The van der Waals surface area contributed by atoms with Crippen molar-refractivity contribution in [1.82, 2.24) is 9.97 Å². The second-order valence-electron chi connectivity index (χ2n) is 5.30. The first-order chi connectivity index (χ1) is 11.3. The SMILES string of the molecule is CN(C)c1nc(Cc2ccc([N+](=O)[O-])cc2)nc(Cl)c1CC(=O)O. The third-order valence-corrected chi connectivity index (χ3v) is 3.55. The third-order valence-electron chi connectivity index (χ3n) is 3.24. The Balaban J connectivity index is 2.33.